The van der Waals surface area contributed by atoms with Crippen molar-refractivity contribution in [3.63, 3.8) is 0 Å². The first-order valence-electron chi connectivity index (χ1n) is 6.47. The number of carbonyl (C=O) groups is 2. The van der Waals surface area contributed by atoms with Crippen LogP contribution in [0.25, 0.3) is 0 Å². The molecule has 1 unspecified atom stereocenters. The summed E-state index contributed by atoms with van der Waals surface area (Å²) < 4.78 is 10.5. The monoisotopic (exact) mass is 273 g/mol. The minimum atomic E-state index is -1.24. The molecule has 6 heteroatoms. The van der Waals surface area contributed by atoms with Crippen molar-refractivity contribution < 1.29 is 24.2 Å². The van der Waals surface area contributed by atoms with Gasteiger partial charge in [-0.3, -0.25) is 4.90 Å². The minimum Gasteiger partial charge on any atom is -0.479 e. The molecule has 19 heavy (non-hydrogen) atoms. The van der Waals surface area contributed by atoms with E-state index < -0.39 is 23.2 Å². The molecule has 0 bridgehead atoms. The Labute approximate surface area is 113 Å². The predicted octanol–water partition coefficient (Wildman–Crippen LogP) is 1.88. The van der Waals surface area contributed by atoms with Gasteiger partial charge in [0.05, 0.1) is 0 Å². The average molecular weight is 273 g/mol. The lowest BCUT2D eigenvalue weighted by atomic mass is 9.89. The van der Waals surface area contributed by atoms with Crippen molar-refractivity contribution >= 4 is 12.1 Å². The van der Waals surface area contributed by atoms with E-state index in [2.05, 4.69) is 0 Å². The Morgan fingerprint density at radius 1 is 1.26 bits per heavy atom. The topological polar surface area (TPSA) is 76.1 Å². The summed E-state index contributed by atoms with van der Waals surface area (Å²) in [4.78, 5) is 24.9. The highest BCUT2D eigenvalue weighted by molar-refractivity contribution is 5.84. The Bertz CT molecular complexity index is 339. The molecule has 110 valence electrons. The summed E-state index contributed by atoms with van der Waals surface area (Å²) in [5.41, 5.74) is -1.88. The van der Waals surface area contributed by atoms with Crippen LogP contribution in [0.5, 0.6) is 0 Å². The van der Waals surface area contributed by atoms with Crippen LogP contribution in [0.1, 0.15) is 40.0 Å². The van der Waals surface area contributed by atoms with Crippen LogP contribution in [0.2, 0.25) is 0 Å². The highest BCUT2D eigenvalue weighted by Crippen LogP contribution is 2.29. The molecule has 0 saturated carbocycles. The van der Waals surface area contributed by atoms with E-state index in [-0.39, 0.29) is 6.42 Å². The number of carbonyl (C=O) groups excluding carboxylic acids is 1. The molecular formula is C13H23NO5. The Morgan fingerprint density at radius 3 is 2.42 bits per heavy atom. The van der Waals surface area contributed by atoms with E-state index >= 15 is 0 Å². The van der Waals surface area contributed by atoms with Crippen LogP contribution in [0.3, 0.4) is 0 Å². The van der Waals surface area contributed by atoms with Crippen LogP contribution in [-0.4, -0.2) is 53.5 Å². The van der Waals surface area contributed by atoms with Gasteiger partial charge >= 0.3 is 12.1 Å². The van der Waals surface area contributed by atoms with E-state index in [0.29, 0.717) is 26.1 Å². The Morgan fingerprint density at radius 2 is 1.89 bits per heavy atom. The summed E-state index contributed by atoms with van der Waals surface area (Å²) in [7, 11) is 1.48. The van der Waals surface area contributed by atoms with Gasteiger partial charge in [-0.15, -0.1) is 0 Å². The van der Waals surface area contributed by atoms with Crippen molar-refractivity contribution in [2.45, 2.75) is 51.2 Å². The number of hydrogen-bond acceptors (Lipinski definition) is 4. The van der Waals surface area contributed by atoms with Crippen molar-refractivity contribution in [2.75, 3.05) is 20.3 Å². The fourth-order valence-electron chi connectivity index (χ4n) is 2.13. The molecule has 1 heterocycles. The van der Waals surface area contributed by atoms with Crippen molar-refractivity contribution in [2.24, 2.45) is 0 Å². The van der Waals surface area contributed by atoms with E-state index in [1.807, 2.05) is 0 Å². The smallest absolute Gasteiger partial charge is 0.410 e. The number of rotatable bonds is 2. The molecule has 1 saturated heterocycles. The van der Waals surface area contributed by atoms with Gasteiger partial charge in [-0.1, -0.05) is 0 Å². The molecule has 0 aromatic carbocycles. The van der Waals surface area contributed by atoms with Crippen LogP contribution < -0.4 is 0 Å². The molecule has 0 aromatic heterocycles. The van der Waals surface area contributed by atoms with Crippen LogP contribution in [0.4, 0.5) is 4.79 Å². The number of aliphatic carboxylic acids is 1. The first kappa shape index (κ1) is 15.8. The maximum absolute atomic E-state index is 12.1. The maximum Gasteiger partial charge on any atom is 0.410 e. The van der Waals surface area contributed by atoms with Gasteiger partial charge in [0.2, 0.25) is 0 Å². The molecule has 0 aromatic rings. The molecule has 6 nitrogen and oxygen atoms in total. The number of carboxylic acid groups (broad SMARTS) is 1. The first-order valence-corrected chi connectivity index (χ1v) is 6.47. The SMILES string of the molecule is CN(C(=O)OC(C)(C)C)C1(C(=O)O)CCCOCC1. The lowest BCUT2D eigenvalue weighted by Crippen LogP contribution is -2.56. The van der Waals surface area contributed by atoms with Crippen LogP contribution >= 0.6 is 0 Å². The zero-order chi connectivity index (χ0) is 14.7. The number of amides is 1. The molecule has 1 amide bonds. The number of carboxylic acids is 1. The minimum absolute atomic E-state index is 0.276. The second-order valence-corrected chi connectivity index (χ2v) is 5.84. The summed E-state index contributed by atoms with van der Waals surface area (Å²) in [5, 5.41) is 9.53. The third-order valence-electron chi connectivity index (χ3n) is 3.25. The normalized spacial score (nSPS) is 24.4. The van der Waals surface area contributed by atoms with Gasteiger partial charge in [0, 0.05) is 26.7 Å². The van der Waals surface area contributed by atoms with Crippen molar-refractivity contribution in [3.8, 4) is 0 Å². The molecule has 1 aliphatic rings. The molecule has 1 rings (SSSR count). The molecule has 0 aliphatic carbocycles. The lowest BCUT2D eigenvalue weighted by molar-refractivity contribution is -0.151. The highest BCUT2D eigenvalue weighted by atomic mass is 16.6. The van der Waals surface area contributed by atoms with E-state index in [0.717, 1.165) is 0 Å². The fourth-order valence-corrected chi connectivity index (χ4v) is 2.13. The molecule has 1 aliphatic heterocycles. The molecule has 1 fully saturated rings. The molecular weight excluding hydrogens is 250 g/mol. The van der Waals surface area contributed by atoms with Crippen molar-refractivity contribution in [1.29, 1.82) is 0 Å². The predicted molar refractivity (Wildman–Crippen MR) is 69.0 cm³/mol. The third-order valence-corrected chi connectivity index (χ3v) is 3.25. The van der Waals surface area contributed by atoms with E-state index in [1.54, 1.807) is 20.8 Å². The van der Waals surface area contributed by atoms with Crippen LogP contribution in [-0.2, 0) is 14.3 Å². The first-order chi connectivity index (χ1) is 8.69. The van der Waals surface area contributed by atoms with Gasteiger partial charge in [-0.05, 0) is 33.6 Å². The van der Waals surface area contributed by atoms with Gasteiger partial charge in [-0.2, -0.15) is 0 Å². The molecule has 0 spiro atoms. The largest absolute Gasteiger partial charge is 0.479 e. The maximum atomic E-state index is 12.1. The number of ether oxygens (including phenoxy) is 2. The van der Waals surface area contributed by atoms with Crippen LogP contribution in [0.15, 0.2) is 0 Å². The summed E-state index contributed by atoms with van der Waals surface area (Å²) in [6.07, 6.45) is 0.645. The van der Waals surface area contributed by atoms with E-state index in [4.69, 9.17) is 9.47 Å². The second kappa shape index (κ2) is 5.77. The Balaban J connectivity index is 2.91. The number of nitrogens with zero attached hydrogens (tertiary/aromatic N) is 1. The summed E-state index contributed by atoms with van der Waals surface area (Å²) in [6, 6.07) is 0. The quantitative estimate of drug-likeness (QED) is 0.831. The van der Waals surface area contributed by atoms with Crippen LogP contribution in [0, 0.1) is 0 Å². The molecule has 1 atom stereocenters. The zero-order valence-corrected chi connectivity index (χ0v) is 12.1. The van der Waals surface area contributed by atoms with Gasteiger partial charge in [0.1, 0.15) is 11.1 Å². The highest BCUT2D eigenvalue weighted by Gasteiger charge is 2.46. The lowest BCUT2D eigenvalue weighted by Gasteiger charge is -2.37. The Kier molecular flexibility index (Phi) is 4.79. The summed E-state index contributed by atoms with van der Waals surface area (Å²) in [5.74, 6) is -1.01. The molecule has 0 radical (unpaired) electrons. The summed E-state index contributed by atoms with van der Waals surface area (Å²) in [6.45, 7) is 6.11. The standard InChI is InChI=1S/C13H23NO5/c1-12(2,3)19-11(17)14(4)13(10(15)16)6-5-8-18-9-7-13/h5-9H2,1-4H3,(H,15,16). The number of hydrogen-bond donors (Lipinski definition) is 1. The van der Waals surface area contributed by atoms with Gasteiger partial charge in [0.15, 0.2) is 0 Å². The summed E-state index contributed by atoms with van der Waals surface area (Å²) >= 11 is 0. The van der Waals surface area contributed by atoms with Gasteiger partial charge in [-0.25, -0.2) is 9.59 Å². The van der Waals surface area contributed by atoms with Gasteiger partial charge < -0.3 is 14.6 Å². The fraction of sp³-hybridized carbons (Fsp3) is 0.846. The van der Waals surface area contributed by atoms with Crippen molar-refractivity contribution in [3.05, 3.63) is 0 Å². The molecule has 1 N–H and O–H groups in total. The van der Waals surface area contributed by atoms with Gasteiger partial charge in [0.25, 0.3) is 0 Å². The van der Waals surface area contributed by atoms with Crippen molar-refractivity contribution in [1.82, 2.24) is 4.90 Å². The Hall–Kier alpha value is -1.30. The number of likely N-dealkylation sites (N-methyl/N-ethyl adjacent to an activating group) is 1. The average Bonchev–Trinajstić information content (AvgIpc) is 2.51. The third kappa shape index (κ3) is 3.83. The van der Waals surface area contributed by atoms with E-state index in [9.17, 15) is 14.7 Å². The van der Waals surface area contributed by atoms with E-state index in [1.165, 1.54) is 11.9 Å². The zero-order valence-electron chi connectivity index (χ0n) is 12.1. The second-order valence-electron chi connectivity index (χ2n) is 5.84.